The molecule has 0 radical (unpaired) electrons. The maximum atomic E-state index is 13.1. The van der Waals surface area contributed by atoms with Gasteiger partial charge in [-0.25, -0.2) is 4.39 Å². The molecule has 0 aliphatic rings. The third kappa shape index (κ3) is 5.44. The summed E-state index contributed by atoms with van der Waals surface area (Å²) in [5, 5.41) is 6.81. The Morgan fingerprint density at radius 1 is 1.35 bits per heavy atom. The van der Waals surface area contributed by atoms with Crippen LogP contribution in [0.15, 0.2) is 23.2 Å². The van der Waals surface area contributed by atoms with Gasteiger partial charge in [-0.15, -0.1) is 24.0 Å². The minimum Gasteiger partial charge on any atom is -0.357 e. The summed E-state index contributed by atoms with van der Waals surface area (Å²) in [4.78, 5) is 4.11. The van der Waals surface area contributed by atoms with Crippen molar-refractivity contribution in [1.82, 2.24) is 10.6 Å². The van der Waals surface area contributed by atoms with Crippen LogP contribution in [0.4, 0.5) is 4.39 Å². The van der Waals surface area contributed by atoms with Gasteiger partial charge in [0.2, 0.25) is 0 Å². The minimum atomic E-state index is -0.319. The predicted molar refractivity (Wildman–Crippen MR) is 94.9 cm³/mol. The smallest absolute Gasteiger partial charge is 0.190 e. The van der Waals surface area contributed by atoms with E-state index in [0.29, 0.717) is 11.6 Å². The monoisotopic (exact) mass is 413 g/mol. The summed E-state index contributed by atoms with van der Waals surface area (Å²) < 4.78 is 13.1. The number of guanidine groups is 1. The topological polar surface area (TPSA) is 36.4 Å². The first-order valence-corrected chi connectivity index (χ1v) is 6.68. The van der Waals surface area contributed by atoms with Crippen molar-refractivity contribution in [2.45, 2.75) is 26.2 Å². The summed E-state index contributed by atoms with van der Waals surface area (Å²) in [6.45, 7) is 7.57. The number of nitrogens with zero attached hydrogens (tertiary/aromatic N) is 1. The zero-order valence-corrected chi connectivity index (χ0v) is 15.3. The highest BCUT2D eigenvalue weighted by molar-refractivity contribution is 14.0. The molecule has 114 valence electrons. The molecule has 0 saturated carbocycles. The lowest BCUT2D eigenvalue weighted by atomic mass is 9.84. The second-order valence-electron chi connectivity index (χ2n) is 4.96. The Labute approximate surface area is 142 Å². The molecular formula is C14H22ClFIN3. The molecule has 0 aliphatic carbocycles. The zero-order valence-electron chi connectivity index (χ0n) is 12.3. The molecule has 0 aromatic heterocycles. The Morgan fingerprint density at radius 2 is 2.00 bits per heavy atom. The van der Waals surface area contributed by atoms with Gasteiger partial charge in [-0.2, -0.15) is 0 Å². The maximum absolute atomic E-state index is 13.1. The Kier molecular flexibility index (Phi) is 8.42. The van der Waals surface area contributed by atoms with Crippen molar-refractivity contribution in [2.24, 2.45) is 4.99 Å². The summed E-state index contributed by atoms with van der Waals surface area (Å²) in [6, 6.07) is 4.51. The molecule has 2 N–H and O–H groups in total. The highest BCUT2D eigenvalue weighted by Crippen LogP contribution is 2.29. The quantitative estimate of drug-likeness (QED) is 0.450. The summed E-state index contributed by atoms with van der Waals surface area (Å²) in [6.07, 6.45) is 0. The fourth-order valence-electron chi connectivity index (χ4n) is 1.83. The molecule has 0 heterocycles. The van der Waals surface area contributed by atoms with E-state index in [0.717, 1.165) is 18.1 Å². The van der Waals surface area contributed by atoms with Crippen LogP contribution < -0.4 is 10.6 Å². The second kappa shape index (κ2) is 8.67. The van der Waals surface area contributed by atoms with Gasteiger partial charge in [0.1, 0.15) is 5.82 Å². The molecule has 6 heteroatoms. The summed E-state index contributed by atoms with van der Waals surface area (Å²) >= 11 is 6.11. The lowest BCUT2D eigenvalue weighted by molar-refractivity contribution is 0.507. The molecule has 0 spiro atoms. The van der Waals surface area contributed by atoms with Crippen molar-refractivity contribution >= 4 is 41.5 Å². The van der Waals surface area contributed by atoms with Crippen molar-refractivity contribution in [2.75, 3.05) is 20.1 Å². The average Bonchev–Trinajstić information content (AvgIpc) is 2.34. The van der Waals surface area contributed by atoms with Crippen LogP contribution in [0.25, 0.3) is 0 Å². The van der Waals surface area contributed by atoms with Crippen molar-refractivity contribution in [1.29, 1.82) is 0 Å². The standard InChI is InChI=1S/C14H21ClFN3.HI/c1-5-18-13(17-4)19-9-14(2,3)11-7-6-10(16)8-12(11)15;/h6-8H,5,9H2,1-4H3,(H2,17,18,19);1H. The first kappa shape index (κ1) is 19.4. The minimum absolute atomic E-state index is 0. The van der Waals surface area contributed by atoms with Gasteiger partial charge < -0.3 is 10.6 Å². The van der Waals surface area contributed by atoms with Crippen molar-refractivity contribution in [3.63, 3.8) is 0 Å². The van der Waals surface area contributed by atoms with Crippen LogP contribution in [0.2, 0.25) is 5.02 Å². The number of halogens is 3. The van der Waals surface area contributed by atoms with Gasteiger partial charge in [-0.1, -0.05) is 31.5 Å². The highest BCUT2D eigenvalue weighted by atomic mass is 127. The number of hydrogen-bond acceptors (Lipinski definition) is 1. The van der Waals surface area contributed by atoms with Gasteiger partial charge in [0.15, 0.2) is 5.96 Å². The molecule has 0 atom stereocenters. The van der Waals surface area contributed by atoms with Crippen molar-refractivity contribution in [3.05, 3.63) is 34.6 Å². The Bertz CT molecular complexity index is 464. The van der Waals surface area contributed by atoms with E-state index in [9.17, 15) is 4.39 Å². The van der Waals surface area contributed by atoms with Crippen LogP contribution in [0.5, 0.6) is 0 Å². The number of aliphatic imine (C=N–C) groups is 1. The van der Waals surface area contributed by atoms with Crippen LogP contribution in [0.1, 0.15) is 26.3 Å². The summed E-state index contributed by atoms with van der Waals surface area (Å²) in [5.74, 6) is 0.426. The third-order valence-electron chi connectivity index (χ3n) is 2.93. The summed E-state index contributed by atoms with van der Waals surface area (Å²) in [5.41, 5.74) is 0.686. The van der Waals surface area contributed by atoms with E-state index in [2.05, 4.69) is 29.5 Å². The van der Waals surface area contributed by atoms with Crippen LogP contribution in [-0.2, 0) is 5.41 Å². The highest BCUT2D eigenvalue weighted by Gasteiger charge is 2.23. The average molecular weight is 414 g/mol. The van der Waals surface area contributed by atoms with E-state index < -0.39 is 0 Å². The number of benzene rings is 1. The Morgan fingerprint density at radius 3 is 2.50 bits per heavy atom. The van der Waals surface area contributed by atoms with E-state index in [1.807, 2.05) is 6.92 Å². The van der Waals surface area contributed by atoms with Crippen molar-refractivity contribution in [3.8, 4) is 0 Å². The molecule has 0 aliphatic heterocycles. The first-order chi connectivity index (χ1) is 8.90. The van der Waals surface area contributed by atoms with E-state index in [4.69, 9.17) is 11.6 Å². The third-order valence-corrected chi connectivity index (χ3v) is 3.24. The number of rotatable bonds is 4. The summed E-state index contributed by atoms with van der Waals surface area (Å²) in [7, 11) is 1.73. The van der Waals surface area contributed by atoms with Gasteiger partial charge in [0, 0.05) is 30.6 Å². The fraction of sp³-hybridized carbons (Fsp3) is 0.500. The predicted octanol–water partition coefficient (Wildman–Crippen LogP) is 3.56. The molecule has 0 bridgehead atoms. The van der Waals surface area contributed by atoms with Crippen LogP contribution in [-0.4, -0.2) is 26.1 Å². The van der Waals surface area contributed by atoms with Gasteiger partial charge in [0.25, 0.3) is 0 Å². The van der Waals surface area contributed by atoms with Gasteiger partial charge in [-0.05, 0) is 24.6 Å². The van der Waals surface area contributed by atoms with E-state index in [-0.39, 0.29) is 35.2 Å². The van der Waals surface area contributed by atoms with Crippen LogP contribution in [0.3, 0.4) is 0 Å². The molecule has 1 aromatic carbocycles. The fourth-order valence-corrected chi connectivity index (χ4v) is 2.25. The number of nitrogens with one attached hydrogen (secondary N) is 2. The van der Waals surface area contributed by atoms with Gasteiger partial charge >= 0.3 is 0 Å². The Hall–Kier alpha value is -0.560. The SMILES string of the molecule is CCNC(=NC)NCC(C)(C)c1ccc(F)cc1Cl.I. The molecular weight excluding hydrogens is 392 g/mol. The molecule has 1 aromatic rings. The number of hydrogen-bond donors (Lipinski definition) is 2. The lowest BCUT2D eigenvalue weighted by Crippen LogP contribution is -2.43. The van der Waals surface area contributed by atoms with Crippen LogP contribution in [0, 0.1) is 5.82 Å². The maximum Gasteiger partial charge on any atom is 0.190 e. The van der Waals surface area contributed by atoms with E-state index in [1.54, 1.807) is 13.1 Å². The lowest BCUT2D eigenvalue weighted by Gasteiger charge is -2.27. The van der Waals surface area contributed by atoms with Gasteiger partial charge in [0.05, 0.1) is 0 Å². The largest absolute Gasteiger partial charge is 0.357 e. The van der Waals surface area contributed by atoms with E-state index in [1.165, 1.54) is 12.1 Å². The molecule has 3 nitrogen and oxygen atoms in total. The van der Waals surface area contributed by atoms with E-state index >= 15 is 0 Å². The van der Waals surface area contributed by atoms with Crippen molar-refractivity contribution < 1.29 is 4.39 Å². The Balaban J connectivity index is 0.00000361. The van der Waals surface area contributed by atoms with Crippen LogP contribution >= 0.6 is 35.6 Å². The molecule has 0 unspecified atom stereocenters. The zero-order chi connectivity index (χ0) is 14.5. The molecule has 1 rings (SSSR count). The second-order valence-corrected chi connectivity index (χ2v) is 5.37. The van der Waals surface area contributed by atoms with Gasteiger partial charge in [-0.3, -0.25) is 4.99 Å². The first-order valence-electron chi connectivity index (χ1n) is 6.30. The normalized spacial score (nSPS) is 11.8. The molecule has 20 heavy (non-hydrogen) atoms. The molecule has 0 fully saturated rings. The molecule has 0 amide bonds. The molecule has 0 saturated heterocycles.